The van der Waals surface area contributed by atoms with E-state index in [0.29, 0.717) is 0 Å². The maximum atomic E-state index is 6.25. The van der Waals surface area contributed by atoms with Crippen molar-refractivity contribution in [1.82, 2.24) is 0 Å². The van der Waals surface area contributed by atoms with Gasteiger partial charge < -0.3 is 16.7 Å². The highest BCUT2D eigenvalue weighted by Crippen LogP contribution is 2.07. The van der Waals surface area contributed by atoms with Crippen molar-refractivity contribution in [1.29, 1.82) is 5.26 Å². The number of likely N-dealkylation sites (tertiary alicyclic amines) is 1. The maximum absolute atomic E-state index is 6.25. The van der Waals surface area contributed by atoms with Crippen molar-refractivity contribution >= 4 is 0 Å². The second kappa shape index (κ2) is 12.9. The Morgan fingerprint density at radius 3 is 2.28 bits per heavy atom. The van der Waals surface area contributed by atoms with E-state index in [1.165, 1.54) is 77.4 Å². The van der Waals surface area contributed by atoms with Crippen LogP contribution in [0.1, 0.15) is 71.6 Å². The molecule has 0 aromatic carbocycles. The van der Waals surface area contributed by atoms with Gasteiger partial charge in [-0.15, -0.1) is 0 Å². The van der Waals surface area contributed by atoms with Crippen LogP contribution in [-0.4, -0.2) is 19.6 Å². The Balaban J connectivity index is 0.00000137. The second-order valence-corrected chi connectivity index (χ2v) is 5.82. The summed E-state index contributed by atoms with van der Waals surface area (Å²) in [7, 11) is 0. The molecule has 0 aliphatic carbocycles. The minimum Gasteiger partial charge on any atom is -0.512 e. The average molecular weight is 252 g/mol. The zero-order valence-electron chi connectivity index (χ0n) is 12.5. The van der Waals surface area contributed by atoms with Crippen molar-refractivity contribution in [2.45, 2.75) is 71.6 Å². The van der Waals surface area contributed by atoms with Crippen LogP contribution in [0.3, 0.4) is 0 Å². The summed E-state index contributed by atoms with van der Waals surface area (Å²) in [6, 6.07) is 0. The molecule has 0 radical (unpaired) electrons. The summed E-state index contributed by atoms with van der Waals surface area (Å²) in [5.74, 6) is 0.980. The lowest BCUT2D eigenvalue weighted by Gasteiger charge is -2.27. The van der Waals surface area contributed by atoms with Crippen molar-refractivity contribution < 1.29 is 4.90 Å². The van der Waals surface area contributed by atoms with Crippen molar-refractivity contribution in [2.24, 2.45) is 5.92 Å². The van der Waals surface area contributed by atoms with E-state index >= 15 is 0 Å². The first-order valence-electron chi connectivity index (χ1n) is 7.89. The molecule has 18 heavy (non-hydrogen) atoms. The zero-order chi connectivity index (χ0) is 13.6. The van der Waals surface area contributed by atoms with Gasteiger partial charge in [0, 0.05) is 5.92 Å². The molecule has 0 spiro atoms. The third kappa shape index (κ3) is 9.48. The maximum Gasteiger partial charge on any atom is 0.0796 e. The molecule has 2 atom stereocenters. The van der Waals surface area contributed by atoms with Crippen molar-refractivity contribution in [3.63, 3.8) is 0 Å². The van der Waals surface area contributed by atoms with Gasteiger partial charge in [-0.2, -0.15) is 0 Å². The standard InChI is InChI=1S/C15H31N.CN/c1-3-4-5-6-7-8-9-12-16-13-10-11-15(2)14-16;1-2/h15H,3-14H2,1-2H3;/q;-1/p+1. The molecule has 0 saturated carbocycles. The zero-order valence-corrected chi connectivity index (χ0v) is 12.5. The fourth-order valence-corrected chi connectivity index (χ4v) is 2.96. The highest BCUT2D eigenvalue weighted by atomic mass is 15.1. The molecule has 1 heterocycles. The minimum absolute atomic E-state index is 0.980. The van der Waals surface area contributed by atoms with Crippen molar-refractivity contribution in [3.8, 4) is 0 Å². The predicted molar refractivity (Wildman–Crippen MR) is 76.9 cm³/mol. The molecule has 2 heteroatoms. The van der Waals surface area contributed by atoms with Gasteiger partial charge >= 0.3 is 0 Å². The van der Waals surface area contributed by atoms with Crippen LogP contribution in [0.2, 0.25) is 0 Å². The van der Waals surface area contributed by atoms with E-state index in [1.807, 2.05) is 4.90 Å². The summed E-state index contributed by atoms with van der Waals surface area (Å²) in [6.07, 6.45) is 13.1. The lowest BCUT2D eigenvalue weighted by Crippen LogP contribution is -3.13. The summed E-state index contributed by atoms with van der Waals surface area (Å²) in [5.41, 5.74) is 0. The van der Waals surface area contributed by atoms with Gasteiger partial charge in [0.05, 0.1) is 19.6 Å². The number of hydrogen-bond donors (Lipinski definition) is 1. The van der Waals surface area contributed by atoms with Crippen molar-refractivity contribution in [2.75, 3.05) is 19.6 Å². The molecule has 1 saturated heterocycles. The van der Waals surface area contributed by atoms with Crippen LogP contribution in [0.15, 0.2) is 0 Å². The normalized spacial score (nSPS) is 23.1. The SMILES string of the molecule is CCCCCCCCC[NH+]1CCCC(C)C1.[C-]#N. The number of nitrogens with one attached hydrogen (secondary N) is 1. The van der Waals surface area contributed by atoms with E-state index in [0.717, 1.165) is 5.92 Å². The van der Waals surface area contributed by atoms with E-state index in [-0.39, 0.29) is 0 Å². The van der Waals surface area contributed by atoms with Gasteiger partial charge in [0.1, 0.15) is 0 Å². The Labute approximate surface area is 114 Å². The van der Waals surface area contributed by atoms with Crippen LogP contribution in [0, 0.1) is 17.8 Å². The van der Waals surface area contributed by atoms with Gasteiger partial charge in [-0.25, -0.2) is 0 Å². The van der Waals surface area contributed by atoms with Gasteiger partial charge in [0.15, 0.2) is 0 Å². The third-order valence-electron chi connectivity index (χ3n) is 4.00. The molecule has 0 aromatic heterocycles. The monoisotopic (exact) mass is 252 g/mol. The largest absolute Gasteiger partial charge is 0.512 e. The van der Waals surface area contributed by atoms with Crippen LogP contribution < -0.4 is 4.90 Å². The predicted octanol–water partition coefficient (Wildman–Crippen LogP) is 3.15. The first-order chi connectivity index (χ1) is 8.83. The first-order valence-corrected chi connectivity index (χ1v) is 7.89. The van der Waals surface area contributed by atoms with Gasteiger partial charge in [-0.1, -0.05) is 46.0 Å². The number of piperidine rings is 1. The molecule has 1 fully saturated rings. The lowest BCUT2D eigenvalue weighted by molar-refractivity contribution is -0.908. The molecule has 0 bridgehead atoms. The van der Waals surface area contributed by atoms with E-state index in [9.17, 15) is 0 Å². The van der Waals surface area contributed by atoms with Gasteiger partial charge in [-0.05, 0) is 25.7 Å². The Hall–Kier alpha value is -0.550. The molecule has 1 aliphatic rings. The first kappa shape index (κ1) is 17.4. The van der Waals surface area contributed by atoms with E-state index in [1.54, 1.807) is 0 Å². The topological polar surface area (TPSA) is 28.2 Å². The number of unbranched alkanes of at least 4 members (excludes halogenated alkanes) is 6. The molecular formula is C16H32N2. The van der Waals surface area contributed by atoms with Crippen molar-refractivity contribution in [3.05, 3.63) is 6.57 Å². The fourth-order valence-electron chi connectivity index (χ4n) is 2.96. The van der Waals surface area contributed by atoms with E-state index in [4.69, 9.17) is 11.8 Å². The van der Waals surface area contributed by atoms with Crippen LogP contribution >= 0.6 is 0 Å². The molecule has 2 nitrogen and oxygen atoms in total. The fraction of sp³-hybridized carbons (Fsp3) is 0.938. The Bertz CT molecular complexity index is 189. The number of quaternary nitrogens is 1. The summed E-state index contributed by atoms with van der Waals surface area (Å²) in [6.45, 7) is 13.8. The smallest absolute Gasteiger partial charge is 0.0796 e. The molecule has 1 N–H and O–H groups in total. The summed E-state index contributed by atoms with van der Waals surface area (Å²) >= 11 is 0. The molecule has 1 rings (SSSR count). The number of hydrogen-bond acceptors (Lipinski definition) is 1. The van der Waals surface area contributed by atoms with Crippen LogP contribution in [0.4, 0.5) is 0 Å². The minimum atomic E-state index is 0.980. The Morgan fingerprint density at radius 2 is 1.67 bits per heavy atom. The molecule has 1 aliphatic heterocycles. The molecule has 0 amide bonds. The van der Waals surface area contributed by atoms with E-state index < -0.39 is 0 Å². The van der Waals surface area contributed by atoms with E-state index in [2.05, 4.69) is 13.8 Å². The molecule has 106 valence electrons. The summed E-state index contributed by atoms with van der Waals surface area (Å²) in [5, 5.41) is 6.25. The molecular weight excluding hydrogens is 220 g/mol. The van der Waals surface area contributed by atoms with Gasteiger partial charge in [0.25, 0.3) is 0 Å². The number of rotatable bonds is 8. The molecule has 2 unspecified atom stereocenters. The quantitative estimate of drug-likeness (QED) is 0.522. The number of nitrogens with zero attached hydrogens (tertiary/aromatic N) is 1. The molecule has 0 aromatic rings. The highest BCUT2D eigenvalue weighted by Gasteiger charge is 2.18. The van der Waals surface area contributed by atoms with Crippen LogP contribution in [-0.2, 0) is 0 Å². The average Bonchev–Trinajstić information content (AvgIpc) is 2.40. The van der Waals surface area contributed by atoms with Gasteiger partial charge in [0.2, 0.25) is 0 Å². The van der Waals surface area contributed by atoms with Crippen LogP contribution in [0.25, 0.3) is 0 Å². The second-order valence-electron chi connectivity index (χ2n) is 5.82. The summed E-state index contributed by atoms with van der Waals surface area (Å²) < 4.78 is 0. The Morgan fingerprint density at radius 1 is 1.06 bits per heavy atom. The van der Waals surface area contributed by atoms with Gasteiger partial charge in [-0.3, -0.25) is 0 Å². The summed E-state index contributed by atoms with van der Waals surface area (Å²) in [4.78, 5) is 1.88. The highest BCUT2D eigenvalue weighted by molar-refractivity contribution is 4.55. The third-order valence-corrected chi connectivity index (χ3v) is 4.00. The van der Waals surface area contributed by atoms with Crippen LogP contribution in [0.5, 0.6) is 0 Å². The lowest BCUT2D eigenvalue weighted by atomic mass is 10.00. The Kier molecular flexibility index (Phi) is 12.5.